The Morgan fingerprint density at radius 3 is 2.80 bits per heavy atom. The molecule has 0 aliphatic heterocycles. The fourth-order valence-corrected chi connectivity index (χ4v) is 4.41. The van der Waals surface area contributed by atoms with Gasteiger partial charge in [0.1, 0.15) is 27.2 Å². The van der Waals surface area contributed by atoms with Gasteiger partial charge in [-0.2, -0.15) is 0 Å². The maximum atomic E-state index is 13.2. The van der Waals surface area contributed by atoms with E-state index in [1.54, 1.807) is 10.5 Å². The topological polar surface area (TPSA) is 71.9 Å². The van der Waals surface area contributed by atoms with Crippen LogP contribution >= 0.6 is 11.3 Å². The van der Waals surface area contributed by atoms with Crippen molar-refractivity contribution in [3.63, 3.8) is 0 Å². The number of fused-ring (bicyclic) bond motifs is 4. The number of benzene rings is 1. The van der Waals surface area contributed by atoms with Gasteiger partial charge in [-0.05, 0) is 25.0 Å². The van der Waals surface area contributed by atoms with Crippen LogP contribution in [-0.4, -0.2) is 15.3 Å². The van der Waals surface area contributed by atoms with Crippen LogP contribution in [0.1, 0.15) is 42.0 Å². The van der Waals surface area contributed by atoms with Gasteiger partial charge in [-0.3, -0.25) is 14.0 Å². The number of phenolic OH excluding ortho intramolecular Hbond substituents is 1. The lowest BCUT2D eigenvalue weighted by Gasteiger charge is -2.05. The van der Waals surface area contributed by atoms with Gasteiger partial charge in [0, 0.05) is 24.1 Å². The molecule has 5 nitrogen and oxygen atoms in total. The zero-order valence-electron chi connectivity index (χ0n) is 14.2. The summed E-state index contributed by atoms with van der Waals surface area (Å²) in [6, 6.07) is 3.18. The minimum absolute atomic E-state index is 0.110. The summed E-state index contributed by atoms with van der Waals surface area (Å²) in [6.07, 6.45) is 1.54. The van der Waals surface area contributed by atoms with E-state index in [0.717, 1.165) is 22.5 Å². The quantitative estimate of drug-likeness (QED) is 0.552. The van der Waals surface area contributed by atoms with Crippen LogP contribution in [0.2, 0.25) is 0 Å². The van der Waals surface area contributed by atoms with Crippen LogP contribution in [0.3, 0.4) is 0 Å². The van der Waals surface area contributed by atoms with Gasteiger partial charge >= 0.3 is 0 Å². The van der Waals surface area contributed by atoms with E-state index in [1.807, 2.05) is 19.2 Å². The fraction of sp³-hybridized carbons (Fsp3) is 0.263. The monoisotopic (exact) mass is 355 g/mol. The smallest absolute Gasteiger partial charge is 0.203 e. The maximum Gasteiger partial charge on any atom is 0.203 e. The first-order chi connectivity index (χ1) is 11.9. The summed E-state index contributed by atoms with van der Waals surface area (Å²) >= 11 is 1.42. The highest BCUT2D eigenvalue weighted by Crippen LogP contribution is 2.34. The molecular formula is C19H17NO4S. The molecule has 0 fully saturated rings. The largest absolute Gasteiger partial charge is 0.508 e. The summed E-state index contributed by atoms with van der Waals surface area (Å²) in [6.45, 7) is 5.37. The Labute approximate surface area is 147 Å². The Hall–Kier alpha value is -2.60. The van der Waals surface area contributed by atoms with Crippen molar-refractivity contribution in [1.82, 2.24) is 4.40 Å². The summed E-state index contributed by atoms with van der Waals surface area (Å²) in [7, 11) is 0. The third-order valence-corrected chi connectivity index (χ3v) is 5.56. The first kappa shape index (κ1) is 15.9. The molecule has 3 heterocycles. The lowest BCUT2D eigenvalue weighted by Crippen LogP contribution is -2.03. The van der Waals surface area contributed by atoms with Crippen LogP contribution in [0.25, 0.3) is 26.8 Å². The second kappa shape index (κ2) is 5.46. The molecule has 4 aromatic rings. The van der Waals surface area contributed by atoms with Crippen molar-refractivity contribution in [3.05, 3.63) is 44.7 Å². The average molecular weight is 355 g/mol. The number of phenols is 1. The van der Waals surface area contributed by atoms with Crippen molar-refractivity contribution in [2.45, 2.75) is 33.6 Å². The van der Waals surface area contributed by atoms with E-state index >= 15 is 0 Å². The minimum atomic E-state index is -0.166. The maximum absolute atomic E-state index is 13.2. The molecule has 1 N–H and O–H groups in total. The van der Waals surface area contributed by atoms with Gasteiger partial charge in [0.2, 0.25) is 5.43 Å². The Bertz CT molecular complexity index is 1230. The summed E-state index contributed by atoms with van der Waals surface area (Å²) in [5.41, 5.74) is 2.41. The number of ketones is 1. The molecule has 0 atom stereocenters. The number of aromatic nitrogens is 1. The Balaban J connectivity index is 2.24. The van der Waals surface area contributed by atoms with Crippen LogP contribution in [0.4, 0.5) is 0 Å². The number of carbonyl (C=O) groups excluding carboxylic acids is 1. The second-order valence-electron chi connectivity index (χ2n) is 6.28. The molecule has 0 unspecified atom stereocenters. The molecule has 0 radical (unpaired) electrons. The SMILES string of the molecule is CCCc1cc2c(=O)c3c(oc2cc1O)c(C(C)=O)n1c(C)csc31. The van der Waals surface area contributed by atoms with E-state index in [1.165, 1.54) is 24.3 Å². The van der Waals surface area contributed by atoms with Crippen LogP contribution in [0.5, 0.6) is 5.75 Å². The number of hydrogen-bond donors (Lipinski definition) is 1. The molecule has 0 spiro atoms. The zero-order chi connectivity index (χ0) is 17.9. The standard InChI is InChI=1S/C19H17NO4S/c1-4-5-11-6-12-14(7-13(11)22)24-18-15(17(12)23)19-20(9(2)8-25-19)16(18)10(3)21/h6-8,22H,4-5H2,1-3H3. The number of hydrogen-bond acceptors (Lipinski definition) is 5. The van der Waals surface area contributed by atoms with Gasteiger partial charge in [-0.1, -0.05) is 13.3 Å². The van der Waals surface area contributed by atoms with Gasteiger partial charge < -0.3 is 9.52 Å². The molecule has 4 rings (SSSR count). The Morgan fingerprint density at radius 1 is 1.36 bits per heavy atom. The summed E-state index contributed by atoms with van der Waals surface area (Å²) < 4.78 is 7.72. The predicted octanol–water partition coefficient (Wildman–Crippen LogP) is 4.43. The normalized spacial score (nSPS) is 11.8. The fourth-order valence-electron chi connectivity index (χ4n) is 3.38. The number of carbonyl (C=O) groups is 1. The van der Waals surface area contributed by atoms with Gasteiger partial charge in [0.25, 0.3) is 0 Å². The number of aromatic hydroxyl groups is 1. The van der Waals surface area contributed by atoms with E-state index in [9.17, 15) is 14.7 Å². The number of rotatable bonds is 3. The molecule has 0 bridgehead atoms. The number of nitrogens with zero attached hydrogens (tertiary/aromatic N) is 1. The molecule has 0 aliphatic rings. The highest BCUT2D eigenvalue weighted by Gasteiger charge is 2.24. The number of aryl methyl sites for hydroxylation is 2. The number of thiazole rings is 1. The van der Waals surface area contributed by atoms with Crippen molar-refractivity contribution in [2.75, 3.05) is 0 Å². The average Bonchev–Trinajstić information content (AvgIpc) is 3.07. The van der Waals surface area contributed by atoms with Crippen molar-refractivity contribution < 1.29 is 14.3 Å². The summed E-state index contributed by atoms with van der Waals surface area (Å²) in [4.78, 5) is 26.1. The van der Waals surface area contributed by atoms with Gasteiger partial charge in [0.05, 0.1) is 5.39 Å². The molecule has 0 amide bonds. The predicted molar refractivity (Wildman–Crippen MR) is 99.2 cm³/mol. The third-order valence-electron chi connectivity index (χ3n) is 4.49. The molecule has 1 aromatic carbocycles. The molecule has 0 aliphatic carbocycles. The van der Waals surface area contributed by atoms with E-state index in [2.05, 4.69) is 0 Å². The van der Waals surface area contributed by atoms with Crippen molar-refractivity contribution in [3.8, 4) is 5.75 Å². The van der Waals surface area contributed by atoms with E-state index in [4.69, 9.17) is 4.42 Å². The first-order valence-corrected chi connectivity index (χ1v) is 9.03. The molecule has 0 saturated carbocycles. The Kier molecular flexibility index (Phi) is 3.47. The van der Waals surface area contributed by atoms with Crippen molar-refractivity contribution >= 4 is 43.9 Å². The van der Waals surface area contributed by atoms with Crippen molar-refractivity contribution in [2.24, 2.45) is 0 Å². The third kappa shape index (κ3) is 2.14. The lowest BCUT2D eigenvalue weighted by molar-refractivity contribution is 0.101. The van der Waals surface area contributed by atoms with E-state index in [0.29, 0.717) is 34.1 Å². The van der Waals surface area contributed by atoms with Crippen LogP contribution < -0.4 is 5.43 Å². The van der Waals surface area contributed by atoms with Crippen LogP contribution in [0, 0.1) is 6.92 Å². The zero-order valence-corrected chi connectivity index (χ0v) is 15.0. The Morgan fingerprint density at radius 2 is 2.12 bits per heavy atom. The highest BCUT2D eigenvalue weighted by atomic mass is 32.1. The van der Waals surface area contributed by atoms with Crippen molar-refractivity contribution in [1.29, 1.82) is 0 Å². The summed E-state index contributed by atoms with van der Waals surface area (Å²) in [5, 5.41) is 13.0. The molecule has 3 aromatic heterocycles. The molecule has 6 heteroatoms. The first-order valence-electron chi connectivity index (χ1n) is 8.15. The molecule has 25 heavy (non-hydrogen) atoms. The van der Waals surface area contributed by atoms with Gasteiger partial charge in [0.15, 0.2) is 11.4 Å². The highest BCUT2D eigenvalue weighted by molar-refractivity contribution is 7.16. The van der Waals surface area contributed by atoms with Crippen LogP contribution in [0.15, 0.2) is 26.7 Å². The van der Waals surface area contributed by atoms with E-state index in [-0.39, 0.29) is 17.0 Å². The second-order valence-corrected chi connectivity index (χ2v) is 7.14. The molecule has 128 valence electrons. The van der Waals surface area contributed by atoms with Gasteiger partial charge in [-0.25, -0.2) is 0 Å². The van der Waals surface area contributed by atoms with Gasteiger partial charge in [-0.15, -0.1) is 11.3 Å². The number of Topliss-reactive ketones (excluding diaryl/α,β-unsaturated/α-hetero) is 1. The molecular weight excluding hydrogens is 338 g/mol. The summed E-state index contributed by atoms with van der Waals surface area (Å²) in [5.74, 6) is -0.0562. The van der Waals surface area contributed by atoms with Crippen LogP contribution in [-0.2, 0) is 6.42 Å². The van der Waals surface area contributed by atoms with E-state index < -0.39 is 0 Å². The molecule has 0 saturated heterocycles. The minimum Gasteiger partial charge on any atom is -0.508 e. The lowest BCUT2D eigenvalue weighted by atomic mass is 10.1.